The molecule has 33 heavy (non-hydrogen) atoms. The Hall–Kier alpha value is -3.34. The number of likely N-dealkylation sites (tertiary alicyclic amines) is 1. The molecule has 0 radical (unpaired) electrons. The smallest absolute Gasteiger partial charge is 0.222 e. The van der Waals surface area contributed by atoms with Gasteiger partial charge in [-0.1, -0.05) is 66.7 Å². The topological polar surface area (TPSA) is 58.6 Å². The van der Waals surface area contributed by atoms with E-state index in [4.69, 9.17) is 4.74 Å². The number of benzene rings is 3. The molecule has 0 spiro atoms. The molecule has 0 saturated carbocycles. The summed E-state index contributed by atoms with van der Waals surface area (Å²) < 4.78 is 5.95. The molecule has 0 aliphatic carbocycles. The highest BCUT2D eigenvalue weighted by Crippen LogP contribution is 2.25. The van der Waals surface area contributed by atoms with Crippen LogP contribution in [-0.4, -0.2) is 42.5 Å². The summed E-state index contributed by atoms with van der Waals surface area (Å²) in [5, 5.41) is 5.39. The molecule has 1 aliphatic heterocycles. The van der Waals surface area contributed by atoms with Crippen LogP contribution in [0.2, 0.25) is 0 Å². The molecule has 3 aromatic carbocycles. The van der Waals surface area contributed by atoms with E-state index < -0.39 is 0 Å². The van der Waals surface area contributed by atoms with E-state index in [0.717, 1.165) is 35.8 Å². The van der Waals surface area contributed by atoms with Crippen molar-refractivity contribution >= 4 is 22.6 Å². The number of rotatable bonds is 9. The maximum absolute atomic E-state index is 12.6. The lowest BCUT2D eigenvalue weighted by Gasteiger charge is -2.32. The van der Waals surface area contributed by atoms with Gasteiger partial charge in [-0.3, -0.25) is 9.59 Å². The Labute approximate surface area is 195 Å². The fraction of sp³-hybridized carbons (Fsp3) is 0.357. The van der Waals surface area contributed by atoms with E-state index in [0.29, 0.717) is 39.0 Å². The van der Waals surface area contributed by atoms with E-state index >= 15 is 0 Å². The molecule has 0 atom stereocenters. The molecule has 5 nitrogen and oxygen atoms in total. The van der Waals surface area contributed by atoms with Gasteiger partial charge in [0.05, 0.1) is 6.61 Å². The highest BCUT2D eigenvalue weighted by molar-refractivity contribution is 5.88. The molecule has 0 aromatic heterocycles. The Morgan fingerprint density at radius 1 is 0.879 bits per heavy atom. The molecule has 172 valence electrons. The predicted octanol–water partition coefficient (Wildman–Crippen LogP) is 4.74. The van der Waals surface area contributed by atoms with Crippen molar-refractivity contribution in [1.29, 1.82) is 0 Å². The van der Waals surface area contributed by atoms with Crippen LogP contribution >= 0.6 is 0 Å². The summed E-state index contributed by atoms with van der Waals surface area (Å²) in [6.07, 6.45) is 4.06. The quantitative estimate of drug-likeness (QED) is 0.485. The lowest BCUT2D eigenvalue weighted by molar-refractivity contribution is -0.132. The third-order valence-electron chi connectivity index (χ3n) is 6.24. The van der Waals surface area contributed by atoms with Gasteiger partial charge in [0, 0.05) is 37.4 Å². The second-order valence-electron chi connectivity index (χ2n) is 8.64. The summed E-state index contributed by atoms with van der Waals surface area (Å²) in [6.45, 7) is 1.92. The number of fused-ring (bicyclic) bond motifs is 1. The number of piperidine rings is 1. The van der Waals surface area contributed by atoms with Gasteiger partial charge in [0.1, 0.15) is 5.75 Å². The molecule has 0 bridgehead atoms. The van der Waals surface area contributed by atoms with Crippen molar-refractivity contribution in [2.45, 2.75) is 44.6 Å². The first-order chi connectivity index (χ1) is 16.2. The van der Waals surface area contributed by atoms with E-state index in [1.165, 1.54) is 5.56 Å². The van der Waals surface area contributed by atoms with Crippen molar-refractivity contribution in [2.75, 3.05) is 19.7 Å². The lowest BCUT2D eigenvalue weighted by atomic mass is 10.0. The van der Waals surface area contributed by atoms with Crippen LogP contribution in [0.5, 0.6) is 5.75 Å². The number of amides is 2. The van der Waals surface area contributed by atoms with Gasteiger partial charge in [0.2, 0.25) is 11.8 Å². The van der Waals surface area contributed by atoms with Gasteiger partial charge < -0.3 is 15.0 Å². The summed E-state index contributed by atoms with van der Waals surface area (Å²) in [7, 11) is 0. The molecule has 1 saturated heterocycles. The lowest BCUT2D eigenvalue weighted by Crippen LogP contribution is -2.46. The van der Waals surface area contributed by atoms with Crippen LogP contribution in [0.4, 0.5) is 0 Å². The maximum atomic E-state index is 12.6. The van der Waals surface area contributed by atoms with E-state index in [1.54, 1.807) is 0 Å². The summed E-state index contributed by atoms with van der Waals surface area (Å²) >= 11 is 0. The van der Waals surface area contributed by atoms with Crippen molar-refractivity contribution < 1.29 is 14.3 Å². The molecule has 3 aromatic rings. The molecule has 1 fully saturated rings. The van der Waals surface area contributed by atoms with Crippen LogP contribution in [0.1, 0.15) is 37.7 Å². The molecular weight excluding hydrogens is 412 g/mol. The monoisotopic (exact) mass is 444 g/mol. The summed E-state index contributed by atoms with van der Waals surface area (Å²) in [5.74, 6) is 1.13. The van der Waals surface area contributed by atoms with Crippen LogP contribution in [0.25, 0.3) is 10.8 Å². The normalized spacial score (nSPS) is 14.2. The van der Waals surface area contributed by atoms with Gasteiger partial charge in [-0.2, -0.15) is 0 Å². The molecule has 5 heteroatoms. The molecule has 1 N–H and O–H groups in total. The third-order valence-corrected chi connectivity index (χ3v) is 6.24. The maximum Gasteiger partial charge on any atom is 0.222 e. The van der Waals surface area contributed by atoms with Crippen molar-refractivity contribution in [3.05, 3.63) is 78.4 Å². The highest BCUT2D eigenvalue weighted by atomic mass is 16.5. The summed E-state index contributed by atoms with van der Waals surface area (Å²) in [4.78, 5) is 26.8. The number of carbonyl (C=O) groups is 2. The summed E-state index contributed by atoms with van der Waals surface area (Å²) in [5.41, 5.74) is 1.18. The van der Waals surface area contributed by atoms with Gasteiger partial charge in [-0.05, 0) is 42.7 Å². The van der Waals surface area contributed by atoms with Crippen molar-refractivity contribution in [3.63, 3.8) is 0 Å². The first kappa shape index (κ1) is 22.8. The van der Waals surface area contributed by atoms with Gasteiger partial charge in [0.25, 0.3) is 0 Å². The van der Waals surface area contributed by atoms with Gasteiger partial charge in [0.15, 0.2) is 0 Å². The Balaban J connectivity index is 1.13. The van der Waals surface area contributed by atoms with Crippen LogP contribution in [-0.2, 0) is 16.0 Å². The number of carbonyl (C=O) groups excluding carboxylic acids is 2. The molecule has 1 heterocycles. The number of nitrogens with one attached hydrogen (secondary N) is 1. The van der Waals surface area contributed by atoms with Crippen LogP contribution in [0, 0.1) is 0 Å². The number of aryl methyl sites for hydroxylation is 1. The van der Waals surface area contributed by atoms with E-state index in [9.17, 15) is 9.59 Å². The molecule has 0 unspecified atom stereocenters. The molecular formula is C28H32N2O3. The Kier molecular flexibility index (Phi) is 7.96. The van der Waals surface area contributed by atoms with Crippen LogP contribution in [0.15, 0.2) is 72.8 Å². The van der Waals surface area contributed by atoms with E-state index in [-0.39, 0.29) is 17.9 Å². The van der Waals surface area contributed by atoms with E-state index in [1.807, 2.05) is 59.5 Å². The zero-order chi connectivity index (χ0) is 22.9. The SMILES string of the molecule is O=C(CCc1ccccc1)NC1CCN(C(=O)CCCOc2cccc3ccccc23)CC1. The number of ether oxygens (including phenoxy) is 1. The van der Waals surface area contributed by atoms with Crippen molar-refractivity contribution in [1.82, 2.24) is 10.2 Å². The van der Waals surface area contributed by atoms with Gasteiger partial charge >= 0.3 is 0 Å². The zero-order valence-corrected chi connectivity index (χ0v) is 19.0. The molecule has 2 amide bonds. The largest absolute Gasteiger partial charge is 0.493 e. The predicted molar refractivity (Wildman–Crippen MR) is 131 cm³/mol. The average molecular weight is 445 g/mol. The zero-order valence-electron chi connectivity index (χ0n) is 19.0. The van der Waals surface area contributed by atoms with Crippen LogP contribution < -0.4 is 10.1 Å². The van der Waals surface area contributed by atoms with Gasteiger partial charge in [-0.15, -0.1) is 0 Å². The fourth-order valence-electron chi connectivity index (χ4n) is 4.36. The second-order valence-corrected chi connectivity index (χ2v) is 8.64. The average Bonchev–Trinajstić information content (AvgIpc) is 2.86. The Bertz CT molecular complexity index is 1050. The van der Waals surface area contributed by atoms with Crippen molar-refractivity contribution in [2.24, 2.45) is 0 Å². The minimum absolute atomic E-state index is 0.0919. The first-order valence-corrected chi connectivity index (χ1v) is 11.9. The van der Waals surface area contributed by atoms with Gasteiger partial charge in [-0.25, -0.2) is 0 Å². The second kappa shape index (κ2) is 11.5. The minimum Gasteiger partial charge on any atom is -0.493 e. The number of hydrogen-bond donors (Lipinski definition) is 1. The Morgan fingerprint density at radius 2 is 1.61 bits per heavy atom. The molecule has 1 aliphatic rings. The fourth-order valence-corrected chi connectivity index (χ4v) is 4.36. The molecule has 4 rings (SSSR count). The number of nitrogens with zero attached hydrogens (tertiary/aromatic N) is 1. The van der Waals surface area contributed by atoms with Crippen molar-refractivity contribution in [3.8, 4) is 5.75 Å². The Morgan fingerprint density at radius 3 is 2.42 bits per heavy atom. The number of hydrogen-bond acceptors (Lipinski definition) is 3. The third kappa shape index (κ3) is 6.58. The standard InChI is InChI=1S/C28H32N2O3/c31-27(16-15-22-8-2-1-3-9-22)29-24-17-19-30(20-18-24)28(32)14-7-21-33-26-13-6-11-23-10-4-5-12-25(23)26/h1-6,8-13,24H,7,14-21H2,(H,29,31). The van der Waals surface area contributed by atoms with Crippen LogP contribution in [0.3, 0.4) is 0 Å². The van der Waals surface area contributed by atoms with E-state index in [2.05, 4.69) is 23.5 Å². The minimum atomic E-state index is 0.0919. The highest BCUT2D eigenvalue weighted by Gasteiger charge is 2.23. The first-order valence-electron chi connectivity index (χ1n) is 11.9. The summed E-state index contributed by atoms with van der Waals surface area (Å²) in [6, 6.07) is 24.4.